The molecule has 0 aromatic carbocycles. The Bertz CT molecular complexity index is 339. The fraction of sp³-hybridized carbons (Fsp3) is 0.867. The van der Waals surface area contributed by atoms with Crippen LogP contribution in [0.4, 0.5) is 0 Å². The van der Waals surface area contributed by atoms with Crippen molar-refractivity contribution < 1.29 is 19.8 Å². The van der Waals surface area contributed by atoms with Crippen molar-refractivity contribution >= 4 is 11.9 Å². The first-order valence-electron chi connectivity index (χ1n) is 7.66. The molecule has 1 rings (SSSR count). The summed E-state index contributed by atoms with van der Waals surface area (Å²) in [5.41, 5.74) is -0.986. The third-order valence-corrected chi connectivity index (χ3v) is 4.63. The number of carboxylic acid groups (broad SMARTS) is 1. The standard InChI is InChI=1S/C15H27NO4/c1-3-15(4-2,14(19)20)10-13(18)16-11-8-6-5-7-9-12(11)17/h11-12,17H,3-10H2,1-2H3,(H,16,18)(H,19,20). The van der Waals surface area contributed by atoms with Gasteiger partial charge in [-0.1, -0.05) is 33.1 Å². The van der Waals surface area contributed by atoms with Gasteiger partial charge in [-0.2, -0.15) is 0 Å². The SMILES string of the molecule is CCC(CC)(CC(=O)NC1CCCCCC1O)C(=O)O. The summed E-state index contributed by atoms with van der Waals surface area (Å²) < 4.78 is 0. The molecule has 116 valence electrons. The zero-order valence-corrected chi connectivity index (χ0v) is 12.5. The fourth-order valence-corrected chi connectivity index (χ4v) is 2.90. The number of hydrogen-bond acceptors (Lipinski definition) is 3. The lowest BCUT2D eigenvalue weighted by molar-refractivity contribution is -0.152. The highest BCUT2D eigenvalue weighted by Crippen LogP contribution is 2.31. The Kier molecular flexibility index (Phi) is 6.46. The number of carbonyl (C=O) groups is 2. The molecule has 0 aromatic heterocycles. The van der Waals surface area contributed by atoms with Gasteiger partial charge in [-0.25, -0.2) is 0 Å². The molecule has 2 unspecified atom stereocenters. The molecule has 1 fully saturated rings. The zero-order valence-electron chi connectivity index (χ0n) is 12.5. The Labute approximate surface area is 120 Å². The lowest BCUT2D eigenvalue weighted by atomic mass is 9.79. The van der Waals surface area contributed by atoms with Crippen LogP contribution in [-0.2, 0) is 9.59 Å². The molecule has 0 aromatic rings. The normalized spacial score (nSPS) is 23.9. The highest BCUT2D eigenvalue weighted by Gasteiger charge is 2.37. The van der Waals surface area contributed by atoms with E-state index in [9.17, 15) is 19.8 Å². The number of rotatable bonds is 6. The predicted molar refractivity (Wildman–Crippen MR) is 76.3 cm³/mol. The molecule has 5 heteroatoms. The van der Waals surface area contributed by atoms with Gasteiger partial charge < -0.3 is 15.5 Å². The van der Waals surface area contributed by atoms with E-state index in [4.69, 9.17) is 0 Å². The van der Waals surface area contributed by atoms with Crippen LogP contribution in [0.5, 0.6) is 0 Å². The molecular formula is C15H27NO4. The number of carboxylic acids is 1. The average molecular weight is 285 g/mol. The first-order chi connectivity index (χ1) is 9.45. The number of aliphatic hydroxyl groups excluding tert-OH is 1. The van der Waals surface area contributed by atoms with E-state index in [0.29, 0.717) is 19.3 Å². The quantitative estimate of drug-likeness (QED) is 0.652. The van der Waals surface area contributed by atoms with Gasteiger partial charge in [-0.3, -0.25) is 9.59 Å². The molecule has 0 saturated heterocycles. The van der Waals surface area contributed by atoms with Gasteiger partial charge in [0.2, 0.25) is 5.91 Å². The Balaban J connectivity index is 2.63. The summed E-state index contributed by atoms with van der Waals surface area (Å²) >= 11 is 0. The smallest absolute Gasteiger partial charge is 0.310 e. The molecule has 0 radical (unpaired) electrons. The van der Waals surface area contributed by atoms with Gasteiger partial charge in [-0.15, -0.1) is 0 Å². The Hall–Kier alpha value is -1.10. The maximum Gasteiger partial charge on any atom is 0.310 e. The third-order valence-electron chi connectivity index (χ3n) is 4.63. The van der Waals surface area contributed by atoms with Crippen LogP contribution in [0.15, 0.2) is 0 Å². The summed E-state index contributed by atoms with van der Waals surface area (Å²) in [4.78, 5) is 23.5. The maximum atomic E-state index is 12.1. The fourth-order valence-electron chi connectivity index (χ4n) is 2.90. The molecule has 0 spiro atoms. The lowest BCUT2D eigenvalue weighted by Gasteiger charge is -2.28. The molecule has 5 nitrogen and oxygen atoms in total. The first-order valence-corrected chi connectivity index (χ1v) is 7.66. The molecule has 1 aliphatic carbocycles. The Morgan fingerprint density at radius 2 is 1.75 bits per heavy atom. The van der Waals surface area contributed by atoms with E-state index in [1.54, 1.807) is 13.8 Å². The molecule has 20 heavy (non-hydrogen) atoms. The second-order valence-electron chi connectivity index (χ2n) is 5.85. The third kappa shape index (κ3) is 4.20. The van der Waals surface area contributed by atoms with Crippen molar-refractivity contribution in [3.05, 3.63) is 0 Å². The van der Waals surface area contributed by atoms with Crippen LogP contribution < -0.4 is 5.32 Å². The summed E-state index contributed by atoms with van der Waals surface area (Å²) in [7, 11) is 0. The van der Waals surface area contributed by atoms with Crippen LogP contribution in [0.2, 0.25) is 0 Å². The molecular weight excluding hydrogens is 258 g/mol. The second kappa shape index (κ2) is 7.62. The Morgan fingerprint density at radius 3 is 2.30 bits per heavy atom. The van der Waals surface area contributed by atoms with Crippen LogP contribution >= 0.6 is 0 Å². The Morgan fingerprint density at radius 1 is 1.15 bits per heavy atom. The second-order valence-corrected chi connectivity index (χ2v) is 5.85. The van der Waals surface area contributed by atoms with E-state index < -0.39 is 17.5 Å². The molecule has 0 aliphatic heterocycles. The van der Waals surface area contributed by atoms with Crippen molar-refractivity contribution in [3.63, 3.8) is 0 Å². The van der Waals surface area contributed by atoms with Crippen molar-refractivity contribution in [1.29, 1.82) is 0 Å². The van der Waals surface area contributed by atoms with Gasteiger partial charge in [0.05, 0.1) is 17.6 Å². The molecule has 1 saturated carbocycles. The van der Waals surface area contributed by atoms with Crippen molar-refractivity contribution in [3.8, 4) is 0 Å². The highest BCUT2D eigenvalue weighted by molar-refractivity contribution is 5.85. The molecule has 0 heterocycles. The minimum atomic E-state index is -0.986. The minimum Gasteiger partial charge on any atom is -0.481 e. The van der Waals surface area contributed by atoms with Crippen LogP contribution in [-0.4, -0.2) is 34.2 Å². The van der Waals surface area contributed by atoms with Crippen LogP contribution in [0, 0.1) is 5.41 Å². The summed E-state index contributed by atoms with van der Waals surface area (Å²) in [6.45, 7) is 3.59. The van der Waals surface area contributed by atoms with Gasteiger partial charge in [0, 0.05) is 6.42 Å². The van der Waals surface area contributed by atoms with E-state index in [0.717, 1.165) is 25.7 Å². The molecule has 1 aliphatic rings. The lowest BCUT2D eigenvalue weighted by Crippen LogP contribution is -2.45. The van der Waals surface area contributed by atoms with Crippen LogP contribution in [0.25, 0.3) is 0 Å². The maximum absolute atomic E-state index is 12.1. The average Bonchev–Trinajstić information content (AvgIpc) is 2.61. The number of carbonyl (C=O) groups excluding carboxylic acids is 1. The monoisotopic (exact) mass is 285 g/mol. The number of hydrogen-bond donors (Lipinski definition) is 3. The van der Waals surface area contributed by atoms with Gasteiger partial charge in [-0.05, 0) is 25.7 Å². The number of nitrogens with one attached hydrogen (secondary N) is 1. The van der Waals surface area contributed by atoms with Gasteiger partial charge in [0.1, 0.15) is 0 Å². The highest BCUT2D eigenvalue weighted by atomic mass is 16.4. The number of amides is 1. The zero-order chi connectivity index (χ0) is 15.2. The van der Waals surface area contributed by atoms with Crippen LogP contribution in [0.3, 0.4) is 0 Å². The van der Waals surface area contributed by atoms with Gasteiger partial charge >= 0.3 is 5.97 Å². The van der Waals surface area contributed by atoms with Crippen molar-refractivity contribution in [2.24, 2.45) is 5.41 Å². The van der Waals surface area contributed by atoms with E-state index in [2.05, 4.69) is 5.32 Å². The predicted octanol–water partition coefficient (Wildman–Crippen LogP) is 2.08. The minimum absolute atomic E-state index is 0.0153. The van der Waals surface area contributed by atoms with E-state index in [-0.39, 0.29) is 18.4 Å². The molecule has 2 atom stereocenters. The van der Waals surface area contributed by atoms with E-state index in [1.807, 2.05) is 0 Å². The summed E-state index contributed by atoms with van der Waals surface area (Å²) in [5, 5.41) is 22.2. The summed E-state index contributed by atoms with van der Waals surface area (Å²) in [6.07, 6.45) is 4.86. The first kappa shape index (κ1) is 17.0. The molecule has 1 amide bonds. The summed E-state index contributed by atoms with van der Waals surface area (Å²) in [5.74, 6) is -1.18. The van der Waals surface area contributed by atoms with E-state index in [1.165, 1.54) is 0 Å². The van der Waals surface area contributed by atoms with Gasteiger partial charge in [0.15, 0.2) is 0 Å². The largest absolute Gasteiger partial charge is 0.481 e. The number of aliphatic hydroxyl groups is 1. The van der Waals surface area contributed by atoms with Crippen LogP contribution in [0.1, 0.15) is 65.2 Å². The van der Waals surface area contributed by atoms with Crippen molar-refractivity contribution in [2.45, 2.75) is 77.4 Å². The van der Waals surface area contributed by atoms with Crippen molar-refractivity contribution in [2.75, 3.05) is 0 Å². The van der Waals surface area contributed by atoms with Crippen molar-refractivity contribution in [1.82, 2.24) is 5.32 Å². The molecule has 0 bridgehead atoms. The molecule has 3 N–H and O–H groups in total. The van der Waals surface area contributed by atoms with E-state index >= 15 is 0 Å². The number of aliphatic carboxylic acids is 1. The topological polar surface area (TPSA) is 86.6 Å². The summed E-state index contributed by atoms with van der Waals surface area (Å²) in [6, 6.07) is -0.231. The van der Waals surface area contributed by atoms with Gasteiger partial charge in [0.25, 0.3) is 0 Å².